The summed E-state index contributed by atoms with van der Waals surface area (Å²) in [5, 5.41) is 0. The van der Waals surface area contributed by atoms with E-state index in [0.29, 0.717) is 12.2 Å². The number of hydrogen-bond donors (Lipinski definition) is 1. The molecule has 2 N–H and O–H groups in total. The predicted molar refractivity (Wildman–Crippen MR) is 58.7 cm³/mol. The first-order valence-corrected chi connectivity index (χ1v) is 4.88. The maximum atomic E-state index is 11.9. The van der Waals surface area contributed by atoms with E-state index in [1.807, 2.05) is 19.1 Å². The molecule has 0 aliphatic carbocycles. The molecule has 0 aromatic carbocycles. The minimum absolute atomic E-state index is 0.00889. The number of nitrogens with two attached hydrogens (primary N) is 1. The first kappa shape index (κ1) is 9.92. The van der Waals surface area contributed by atoms with E-state index in [2.05, 4.69) is 4.98 Å². The topological polar surface area (TPSA) is 65.8 Å². The minimum Gasteiger partial charge on any atom is -0.328 e. The highest BCUT2D eigenvalue weighted by Crippen LogP contribution is 2.12. The van der Waals surface area contributed by atoms with Crippen molar-refractivity contribution in [2.45, 2.75) is 13.0 Å². The minimum atomic E-state index is -0.0679. The number of aromatic nitrogens is 3. The lowest BCUT2D eigenvalue weighted by atomic mass is 10.3. The molecule has 0 radical (unpaired) electrons. The van der Waals surface area contributed by atoms with Gasteiger partial charge in [0.05, 0.1) is 5.52 Å². The number of pyridine rings is 1. The molecule has 2 heterocycles. The molecule has 0 fully saturated rings. The number of aryl methyl sites for hydroxylation is 1. The van der Waals surface area contributed by atoms with E-state index in [1.54, 1.807) is 22.4 Å². The second-order valence-electron chi connectivity index (χ2n) is 3.64. The fraction of sp³-hybridized carbons (Fsp3) is 0.400. The Morgan fingerprint density at radius 2 is 2.33 bits per heavy atom. The average molecular weight is 206 g/mol. The molecule has 5 heteroatoms. The molecule has 0 spiro atoms. The SMILES string of the molecule is CC(CN)n1c(=O)n(C)c2ncccc21. The summed E-state index contributed by atoms with van der Waals surface area (Å²) < 4.78 is 3.23. The summed E-state index contributed by atoms with van der Waals surface area (Å²) in [6, 6.07) is 3.70. The molecule has 1 unspecified atom stereocenters. The van der Waals surface area contributed by atoms with Crippen LogP contribution in [0.15, 0.2) is 23.1 Å². The van der Waals surface area contributed by atoms with Crippen molar-refractivity contribution in [2.75, 3.05) is 6.54 Å². The molecule has 2 rings (SSSR count). The van der Waals surface area contributed by atoms with Gasteiger partial charge in [-0.05, 0) is 19.1 Å². The van der Waals surface area contributed by atoms with Gasteiger partial charge in [-0.3, -0.25) is 9.13 Å². The van der Waals surface area contributed by atoms with Crippen LogP contribution in [-0.4, -0.2) is 20.7 Å². The molecule has 0 saturated carbocycles. The molecule has 0 bridgehead atoms. The molecule has 2 aromatic heterocycles. The molecule has 80 valence electrons. The van der Waals surface area contributed by atoms with Gasteiger partial charge in [-0.15, -0.1) is 0 Å². The number of hydrogen-bond acceptors (Lipinski definition) is 3. The Morgan fingerprint density at radius 1 is 1.60 bits per heavy atom. The zero-order valence-electron chi connectivity index (χ0n) is 8.84. The van der Waals surface area contributed by atoms with Gasteiger partial charge in [0.15, 0.2) is 5.65 Å². The molecular weight excluding hydrogens is 192 g/mol. The van der Waals surface area contributed by atoms with Crippen molar-refractivity contribution in [1.82, 2.24) is 14.1 Å². The van der Waals surface area contributed by atoms with Crippen molar-refractivity contribution in [3.8, 4) is 0 Å². The van der Waals surface area contributed by atoms with Gasteiger partial charge in [-0.25, -0.2) is 9.78 Å². The van der Waals surface area contributed by atoms with Crippen molar-refractivity contribution in [3.63, 3.8) is 0 Å². The maximum absolute atomic E-state index is 11.9. The molecule has 1 atom stereocenters. The van der Waals surface area contributed by atoms with E-state index >= 15 is 0 Å². The van der Waals surface area contributed by atoms with Crippen molar-refractivity contribution in [3.05, 3.63) is 28.8 Å². The third-order valence-corrected chi connectivity index (χ3v) is 2.62. The Kier molecular flexibility index (Phi) is 2.32. The Labute approximate surface area is 87.1 Å². The van der Waals surface area contributed by atoms with Crippen LogP contribution in [0.25, 0.3) is 11.2 Å². The quantitative estimate of drug-likeness (QED) is 0.766. The van der Waals surface area contributed by atoms with Crippen LogP contribution in [0, 0.1) is 0 Å². The molecule has 0 saturated heterocycles. The summed E-state index contributed by atoms with van der Waals surface area (Å²) in [6.45, 7) is 2.36. The number of nitrogens with zero attached hydrogens (tertiary/aromatic N) is 3. The molecular formula is C10H14N4O. The second-order valence-corrected chi connectivity index (χ2v) is 3.64. The molecule has 0 aliphatic rings. The normalized spacial score (nSPS) is 13.3. The van der Waals surface area contributed by atoms with Crippen LogP contribution in [-0.2, 0) is 7.05 Å². The fourth-order valence-corrected chi connectivity index (χ4v) is 1.72. The van der Waals surface area contributed by atoms with E-state index < -0.39 is 0 Å². The van der Waals surface area contributed by atoms with Gasteiger partial charge in [0.25, 0.3) is 0 Å². The van der Waals surface area contributed by atoms with Crippen LogP contribution < -0.4 is 11.4 Å². The molecule has 15 heavy (non-hydrogen) atoms. The first-order chi connectivity index (χ1) is 7.16. The van der Waals surface area contributed by atoms with Gasteiger partial charge < -0.3 is 5.73 Å². The average Bonchev–Trinajstić information content (AvgIpc) is 2.52. The third kappa shape index (κ3) is 1.35. The lowest BCUT2D eigenvalue weighted by Gasteiger charge is -2.09. The van der Waals surface area contributed by atoms with Crippen LogP contribution in [0.2, 0.25) is 0 Å². The molecule has 0 aliphatic heterocycles. The number of rotatable bonds is 2. The Hall–Kier alpha value is -1.62. The van der Waals surface area contributed by atoms with E-state index in [4.69, 9.17) is 5.73 Å². The second kappa shape index (κ2) is 3.51. The van der Waals surface area contributed by atoms with Gasteiger partial charge in [0.1, 0.15) is 0 Å². The summed E-state index contributed by atoms with van der Waals surface area (Å²) in [7, 11) is 1.72. The summed E-state index contributed by atoms with van der Waals surface area (Å²) in [4.78, 5) is 16.1. The van der Waals surface area contributed by atoms with E-state index in [0.717, 1.165) is 5.52 Å². The highest BCUT2D eigenvalue weighted by molar-refractivity contribution is 5.71. The Bertz CT molecular complexity index is 540. The van der Waals surface area contributed by atoms with Crippen LogP contribution in [0.5, 0.6) is 0 Å². The largest absolute Gasteiger partial charge is 0.330 e. The fourth-order valence-electron chi connectivity index (χ4n) is 1.72. The summed E-state index contributed by atoms with van der Waals surface area (Å²) in [5.41, 5.74) is 7.05. The molecule has 5 nitrogen and oxygen atoms in total. The van der Waals surface area contributed by atoms with Crippen LogP contribution >= 0.6 is 0 Å². The third-order valence-electron chi connectivity index (χ3n) is 2.62. The smallest absolute Gasteiger partial charge is 0.328 e. The first-order valence-electron chi connectivity index (χ1n) is 4.88. The summed E-state index contributed by atoms with van der Waals surface area (Å²) in [5.74, 6) is 0. The van der Waals surface area contributed by atoms with Gasteiger partial charge in [0.2, 0.25) is 0 Å². The van der Waals surface area contributed by atoms with Gasteiger partial charge in [-0.2, -0.15) is 0 Å². The summed E-state index contributed by atoms with van der Waals surface area (Å²) >= 11 is 0. The number of imidazole rings is 1. The highest BCUT2D eigenvalue weighted by atomic mass is 16.1. The number of fused-ring (bicyclic) bond motifs is 1. The summed E-state index contributed by atoms with van der Waals surface area (Å²) in [6.07, 6.45) is 1.68. The van der Waals surface area contributed by atoms with E-state index in [-0.39, 0.29) is 11.7 Å². The van der Waals surface area contributed by atoms with Crippen molar-refractivity contribution in [2.24, 2.45) is 12.8 Å². The van der Waals surface area contributed by atoms with Gasteiger partial charge in [0, 0.05) is 25.8 Å². The van der Waals surface area contributed by atoms with Gasteiger partial charge >= 0.3 is 5.69 Å². The zero-order valence-corrected chi connectivity index (χ0v) is 8.84. The predicted octanol–water partition coefficient (Wildman–Crippen LogP) is 0.255. The molecule has 2 aromatic rings. The van der Waals surface area contributed by atoms with Crippen LogP contribution in [0.1, 0.15) is 13.0 Å². The van der Waals surface area contributed by atoms with Crippen molar-refractivity contribution in [1.29, 1.82) is 0 Å². The van der Waals surface area contributed by atoms with Crippen LogP contribution in [0.4, 0.5) is 0 Å². The van der Waals surface area contributed by atoms with E-state index in [9.17, 15) is 4.79 Å². The van der Waals surface area contributed by atoms with Crippen molar-refractivity contribution >= 4 is 11.2 Å². The van der Waals surface area contributed by atoms with Crippen LogP contribution in [0.3, 0.4) is 0 Å². The monoisotopic (exact) mass is 206 g/mol. The van der Waals surface area contributed by atoms with E-state index in [1.165, 1.54) is 0 Å². The lowest BCUT2D eigenvalue weighted by Crippen LogP contribution is -2.28. The standard InChI is InChI=1S/C10H14N4O/c1-7(6-11)14-8-4-3-5-12-9(8)13(2)10(14)15/h3-5,7H,6,11H2,1-2H3. The Morgan fingerprint density at radius 3 is 3.00 bits per heavy atom. The maximum Gasteiger partial charge on any atom is 0.330 e. The highest BCUT2D eigenvalue weighted by Gasteiger charge is 2.14. The lowest BCUT2D eigenvalue weighted by molar-refractivity contribution is 0.546. The zero-order chi connectivity index (χ0) is 11.0. The van der Waals surface area contributed by atoms with Gasteiger partial charge in [-0.1, -0.05) is 0 Å². The Balaban J connectivity index is 2.84. The molecule has 0 amide bonds. The van der Waals surface area contributed by atoms with Crippen molar-refractivity contribution < 1.29 is 0 Å².